The Kier molecular flexibility index (Phi) is 4.33. The van der Waals surface area contributed by atoms with Crippen LogP contribution in [0.3, 0.4) is 0 Å². The van der Waals surface area contributed by atoms with Gasteiger partial charge in [0.25, 0.3) is 0 Å². The number of aryl methyl sites for hydroxylation is 1. The average Bonchev–Trinajstić information content (AvgIpc) is 2.15. The number of rotatable bonds is 5. The van der Waals surface area contributed by atoms with Crippen LogP contribution in [0.25, 0.3) is 0 Å². The van der Waals surface area contributed by atoms with Crippen molar-refractivity contribution in [1.29, 1.82) is 0 Å². The van der Waals surface area contributed by atoms with Crippen LogP contribution in [0.15, 0.2) is 24.3 Å². The molecule has 0 saturated heterocycles. The molecule has 1 aromatic rings. The minimum atomic E-state index is 0.787. The summed E-state index contributed by atoms with van der Waals surface area (Å²) in [5.74, 6) is 0. The van der Waals surface area contributed by atoms with Crippen molar-refractivity contribution in [2.75, 3.05) is 18.4 Å². The molecule has 13 heavy (non-hydrogen) atoms. The fraction of sp³-hybridized carbons (Fsp3) is 0.455. The molecule has 0 aliphatic rings. The normalized spacial score (nSPS) is 10.0. The molecular weight excluding hydrogens is 160 g/mol. The molecule has 0 fully saturated rings. The van der Waals surface area contributed by atoms with Gasteiger partial charge in [-0.05, 0) is 38.4 Å². The summed E-state index contributed by atoms with van der Waals surface area (Å²) in [4.78, 5) is 0. The van der Waals surface area contributed by atoms with Gasteiger partial charge in [0, 0.05) is 12.2 Å². The van der Waals surface area contributed by atoms with Crippen molar-refractivity contribution in [3.8, 4) is 0 Å². The van der Waals surface area contributed by atoms with Crippen molar-refractivity contribution in [2.45, 2.75) is 19.8 Å². The van der Waals surface area contributed by atoms with Crippen molar-refractivity contribution in [3.63, 3.8) is 0 Å². The maximum atomic E-state index is 5.40. The molecule has 0 unspecified atom stereocenters. The van der Waals surface area contributed by atoms with Crippen LogP contribution >= 0.6 is 0 Å². The largest absolute Gasteiger partial charge is 0.385 e. The lowest BCUT2D eigenvalue weighted by Gasteiger charge is -2.05. The molecule has 1 aromatic carbocycles. The Bertz CT molecular complexity index is 228. The predicted octanol–water partition coefficient (Wildman–Crippen LogP) is 2.15. The minimum Gasteiger partial charge on any atom is -0.385 e. The van der Waals surface area contributed by atoms with Gasteiger partial charge in [0.1, 0.15) is 0 Å². The van der Waals surface area contributed by atoms with Crippen LogP contribution in [-0.2, 0) is 0 Å². The van der Waals surface area contributed by atoms with E-state index in [9.17, 15) is 0 Å². The van der Waals surface area contributed by atoms with Crippen LogP contribution in [0.2, 0.25) is 0 Å². The first-order chi connectivity index (χ1) is 6.33. The van der Waals surface area contributed by atoms with Gasteiger partial charge in [-0.1, -0.05) is 17.7 Å². The highest BCUT2D eigenvalue weighted by Gasteiger charge is 1.90. The van der Waals surface area contributed by atoms with Gasteiger partial charge in [-0.2, -0.15) is 0 Å². The number of anilines is 1. The molecule has 0 aromatic heterocycles. The van der Waals surface area contributed by atoms with Gasteiger partial charge in [0.2, 0.25) is 0 Å². The lowest BCUT2D eigenvalue weighted by Crippen LogP contribution is -2.05. The monoisotopic (exact) mass is 178 g/mol. The second-order valence-electron chi connectivity index (χ2n) is 3.29. The van der Waals surface area contributed by atoms with E-state index in [1.807, 2.05) is 0 Å². The lowest BCUT2D eigenvalue weighted by molar-refractivity contribution is 0.774. The minimum absolute atomic E-state index is 0.787. The van der Waals surface area contributed by atoms with Gasteiger partial charge in [-0.15, -0.1) is 0 Å². The molecule has 0 aliphatic carbocycles. The summed E-state index contributed by atoms with van der Waals surface area (Å²) >= 11 is 0. The van der Waals surface area contributed by atoms with E-state index in [-0.39, 0.29) is 0 Å². The molecule has 1 rings (SSSR count). The van der Waals surface area contributed by atoms with Crippen LogP contribution < -0.4 is 11.1 Å². The first-order valence-electron chi connectivity index (χ1n) is 4.83. The Morgan fingerprint density at radius 2 is 1.85 bits per heavy atom. The Morgan fingerprint density at radius 1 is 1.15 bits per heavy atom. The van der Waals surface area contributed by atoms with Crippen LogP contribution in [0.4, 0.5) is 5.69 Å². The SMILES string of the molecule is Cc1ccc(NCCCCN)cc1. The molecule has 0 radical (unpaired) electrons. The first-order valence-corrected chi connectivity index (χ1v) is 4.83. The summed E-state index contributed by atoms with van der Waals surface area (Å²) in [7, 11) is 0. The van der Waals surface area contributed by atoms with Gasteiger partial charge < -0.3 is 11.1 Å². The summed E-state index contributed by atoms with van der Waals surface area (Å²) in [5, 5.41) is 3.35. The highest BCUT2D eigenvalue weighted by Crippen LogP contribution is 2.08. The third-order valence-electron chi connectivity index (χ3n) is 2.01. The summed E-state index contributed by atoms with van der Waals surface area (Å²) in [6.45, 7) is 3.90. The fourth-order valence-electron chi connectivity index (χ4n) is 1.17. The molecule has 0 bridgehead atoms. The van der Waals surface area contributed by atoms with Crippen molar-refractivity contribution < 1.29 is 0 Å². The predicted molar refractivity (Wildman–Crippen MR) is 58.0 cm³/mol. The maximum absolute atomic E-state index is 5.40. The zero-order valence-corrected chi connectivity index (χ0v) is 8.22. The number of nitrogens with one attached hydrogen (secondary N) is 1. The molecule has 0 spiro atoms. The number of unbranched alkanes of at least 4 members (excludes halogenated alkanes) is 1. The van der Waals surface area contributed by atoms with E-state index >= 15 is 0 Å². The van der Waals surface area contributed by atoms with Crippen molar-refractivity contribution in [2.24, 2.45) is 5.73 Å². The van der Waals surface area contributed by atoms with Crippen LogP contribution in [0, 0.1) is 6.92 Å². The van der Waals surface area contributed by atoms with E-state index in [1.165, 1.54) is 11.3 Å². The Morgan fingerprint density at radius 3 is 2.46 bits per heavy atom. The standard InChI is InChI=1S/C11H18N2/c1-10-4-6-11(7-5-10)13-9-3-2-8-12/h4-7,13H,2-3,8-9,12H2,1H3. The maximum Gasteiger partial charge on any atom is 0.0340 e. The molecule has 0 saturated carbocycles. The van der Waals surface area contributed by atoms with Crippen LogP contribution in [0.5, 0.6) is 0 Å². The smallest absolute Gasteiger partial charge is 0.0340 e. The highest BCUT2D eigenvalue weighted by atomic mass is 14.9. The van der Waals surface area contributed by atoms with Crippen LogP contribution in [-0.4, -0.2) is 13.1 Å². The summed E-state index contributed by atoms with van der Waals surface area (Å²) in [6, 6.07) is 8.45. The average molecular weight is 178 g/mol. The molecule has 0 heterocycles. The topological polar surface area (TPSA) is 38.0 Å². The fourth-order valence-corrected chi connectivity index (χ4v) is 1.17. The summed E-state index contributed by atoms with van der Waals surface area (Å²) < 4.78 is 0. The molecule has 72 valence electrons. The zero-order chi connectivity index (χ0) is 9.52. The number of nitrogens with two attached hydrogens (primary N) is 1. The Hall–Kier alpha value is -1.02. The van der Waals surface area contributed by atoms with Gasteiger partial charge in [-0.25, -0.2) is 0 Å². The van der Waals surface area contributed by atoms with Gasteiger partial charge in [0.15, 0.2) is 0 Å². The van der Waals surface area contributed by atoms with Gasteiger partial charge >= 0.3 is 0 Å². The molecule has 2 nitrogen and oxygen atoms in total. The Balaban J connectivity index is 2.25. The third kappa shape index (κ3) is 3.95. The first kappa shape index (κ1) is 10.1. The molecule has 2 heteroatoms. The summed E-state index contributed by atoms with van der Waals surface area (Å²) in [5.41, 5.74) is 7.90. The van der Waals surface area contributed by atoms with Crippen LogP contribution in [0.1, 0.15) is 18.4 Å². The third-order valence-corrected chi connectivity index (χ3v) is 2.01. The van der Waals surface area contributed by atoms with E-state index in [0.717, 1.165) is 25.9 Å². The van der Waals surface area contributed by atoms with E-state index in [4.69, 9.17) is 5.73 Å². The molecule has 0 atom stereocenters. The van der Waals surface area contributed by atoms with Crippen molar-refractivity contribution in [3.05, 3.63) is 29.8 Å². The lowest BCUT2D eigenvalue weighted by atomic mass is 10.2. The van der Waals surface area contributed by atoms with Crippen molar-refractivity contribution in [1.82, 2.24) is 0 Å². The van der Waals surface area contributed by atoms with E-state index < -0.39 is 0 Å². The van der Waals surface area contributed by atoms with E-state index in [0.29, 0.717) is 0 Å². The number of hydrogen-bond acceptors (Lipinski definition) is 2. The molecular formula is C11H18N2. The zero-order valence-electron chi connectivity index (χ0n) is 8.22. The highest BCUT2D eigenvalue weighted by molar-refractivity contribution is 5.44. The van der Waals surface area contributed by atoms with E-state index in [2.05, 4.69) is 36.5 Å². The number of benzene rings is 1. The van der Waals surface area contributed by atoms with Crippen molar-refractivity contribution >= 4 is 5.69 Å². The van der Waals surface area contributed by atoms with Gasteiger partial charge in [-0.3, -0.25) is 0 Å². The second kappa shape index (κ2) is 5.60. The quantitative estimate of drug-likeness (QED) is 0.678. The molecule has 3 N–H and O–H groups in total. The summed E-state index contributed by atoms with van der Waals surface area (Å²) in [6.07, 6.45) is 2.24. The second-order valence-corrected chi connectivity index (χ2v) is 3.29. The Labute approximate surface area is 80.1 Å². The van der Waals surface area contributed by atoms with E-state index in [1.54, 1.807) is 0 Å². The van der Waals surface area contributed by atoms with Gasteiger partial charge in [0.05, 0.1) is 0 Å². The molecule has 0 amide bonds. The molecule has 0 aliphatic heterocycles. The number of hydrogen-bond donors (Lipinski definition) is 2.